The molecule has 0 aliphatic heterocycles. The zero-order chi connectivity index (χ0) is 15.9. The predicted molar refractivity (Wildman–Crippen MR) is 85.6 cm³/mol. The Morgan fingerprint density at radius 3 is 2.50 bits per heavy atom. The van der Waals surface area contributed by atoms with Gasteiger partial charge in [-0.2, -0.15) is 0 Å². The number of non-ortho nitro benzene ring substituents is 1. The van der Waals surface area contributed by atoms with Gasteiger partial charge in [0.1, 0.15) is 0 Å². The Morgan fingerprint density at radius 1 is 1.23 bits per heavy atom. The highest BCUT2D eigenvalue weighted by Gasteiger charge is 2.31. The van der Waals surface area contributed by atoms with Crippen molar-refractivity contribution in [2.24, 2.45) is 0 Å². The monoisotopic (exact) mass is 338 g/mol. The Morgan fingerprint density at radius 2 is 1.86 bits per heavy atom. The van der Waals surface area contributed by atoms with Crippen molar-refractivity contribution in [3.05, 3.63) is 67.7 Å². The Hall–Kier alpha value is -1.82. The van der Waals surface area contributed by atoms with Gasteiger partial charge in [-0.3, -0.25) is 10.1 Å². The van der Waals surface area contributed by atoms with E-state index in [2.05, 4.69) is 5.32 Å². The van der Waals surface area contributed by atoms with E-state index in [4.69, 9.17) is 23.2 Å². The molecule has 1 aliphatic rings. The van der Waals surface area contributed by atoms with Gasteiger partial charge in [-0.1, -0.05) is 47.5 Å². The van der Waals surface area contributed by atoms with Gasteiger partial charge in [0.15, 0.2) is 0 Å². The van der Waals surface area contributed by atoms with Crippen molar-refractivity contribution in [3.8, 4) is 0 Å². The van der Waals surface area contributed by atoms with Crippen LogP contribution < -0.4 is 5.32 Å². The molecular formula is C15H12Cl2N2O3. The van der Waals surface area contributed by atoms with Gasteiger partial charge in [-0.15, -0.1) is 0 Å². The maximum absolute atomic E-state index is 10.8. The molecular weight excluding hydrogens is 327 g/mol. The smallest absolute Gasteiger partial charge is 0.272 e. The summed E-state index contributed by atoms with van der Waals surface area (Å²) in [6.07, 6.45) is -0.0736. The Labute approximate surface area is 136 Å². The van der Waals surface area contributed by atoms with Gasteiger partial charge in [-0.25, -0.2) is 0 Å². The van der Waals surface area contributed by atoms with E-state index in [1.807, 2.05) is 24.3 Å². The summed E-state index contributed by atoms with van der Waals surface area (Å²) in [6.45, 7) is 0. The summed E-state index contributed by atoms with van der Waals surface area (Å²) in [5, 5.41) is 24.5. The van der Waals surface area contributed by atoms with Gasteiger partial charge >= 0.3 is 0 Å². The van der Waals surface area contributed by atoms with E-state index < -0.39 is 11.0 Å². The van der Waals surface area contributed by atoms with Gasteiger partial charge < -0.3 is 10.4 Å². The predicted octanol–water partition coefficient (Wildman–Crippen LogP) is 3.97. The number of nitro benzene ring substituents is 1. The molecule has 0 saturated carbocycles. The van der Waals surface area contributed by atoms with Gasteiger partial charge in [0.2, 0.25) is 0 Å². The molecule has 22 heavy (non-hydrogen) atoms. The lowest BCUT2D eigenvalue weighted by Gasteiger charge is -2.21. The molecule has 0 heterocycles. The minimum absolute atomic E-state index is 0.149. The molecule has 0 radical (unpaired) electrons. The number of hydrogen-bond donors (Lipinski definition) is 2. The van der Waals surface area contributed by atoms with Crippen LogP contribution in [0.4, 0.5) is 11.4 Å². The fourth-order valence-corrected chi connectivity index (χ4v) is 3.29. The molecule has 5 nitrogen and oxygen atoms in total. The molecule has 2 unspecified atom stereocenters. The van der Waals surface area contributed by atoms with Crippen molar-refractivity contribution in [3.63, 3.8) is 0 Å². The maximum Gasteiger partial charge on any atom is 0.272 e. The van der Waals surface area contributed by atoms with Crippen LogP contribution in [0.15, 0.2) is 36.4 Å². The first-order valence-electron chi connectivity index (χ1n) is 6.63. The lowest BCUT2D eigenvalue weighted by Crippen LogP contribution is -2.21. The third-order valence-electron chi connectivity index (χ3n) is 3.74. The third kappa shape index (κ3) is 2.63. The van der Waals surface area contributed by atoms with Crippen molar-refractivity contribution in [1.29, 1.82) is 0 Å². The average molecular weight is 339 g/mol. The van der Waals surface area contributed by atoms with Crippen molar-refractivity contribution in [1.82, 2.24) is 0 Å². The van der Waals surface area contributed by atoms with E-state index in [1.165, 1.54) is 12.1 Å². The van der Waals surface area contributed by atoms with Crippen LogP contribution in [0.3, 0.4) is 0 Å². The number of nitrogens with one attached hydrogen (secondary N) is 1. The second kappa shape index (κ2) is 5.76. The fraction of sp³-hybridized carbons (Fsp3) is 0.200. The number of hydrogen-bond acceptors (Lipinski definition) is 4. The Balaban J connectivity index is 1.96. The van der Waals surface area contributed by atoms with Crippen LogP contribution in [0.2, 0.25) is 10.0 Å². The molecule has 0 saturated heterocycles. The standard InChI is InChI=1S/C15H12Cl2N2O3/c16-11-6-9(19(21)22)7-12(17)15(11)18-14-10-4-2-1-3-8(10)5-13(14)20/h1-4,6-7,13-14,18,20H,5H2. The number of nitrogens with zero attached hydrogens (tertiary/aromatic N) is 1. The summed E-state index contributed by atoms with van der Waals surface area (Å²) in [5.41, 5.74) is 2.24. The number of nitro groups is 1. The molecule has 1 aliphatic carbocycles. The first-order chi connectivity index (χ1) is 10.5. The molecule has 0 bridgehead atoms. The SMILES string of the molecule is O=[N+]([O-])c1cc(Cl)c(NC2c3ccccc3CC2O)c(Cl)c1. The highest BCUT2D eigenvalue weighted by Crippen LogP contribution is 2.40. The molecule has 7 heteroatoms. The van der Waals surface area contributed by atoms with E-state index >= 15 is 0 Å². The van der Waals surface area contributed by atoms with Crippen LogP contribution in [0.1, 0.15) is 17.2 Å². The lowest BCUT2D eigenvalue weighted by atomic mass is 10.1. The van der Waals surface area contributed by atoms with Gasteiger partial charge in [0.05, 0.1) is 32.8 Å². The number of anilines is 1. The van der Waals surface area contributed by atoms with E-state index in [0.29, 0.717) is 12.1 Å². The van der Waals surface area contributed by atoms with Crippen molar-refractivity contribution < 1.29 is 10.0 Å². The molecule has 0 amide bonds. The van der Waals surface area contributed by atoms with Crippen LogP contribution in [-0.2, 0) is 6.42 Å². The van der Waals surface area contributed by atoms with Crippen LogP contribution in [0, 0.1) is 10.1 Å². The second-order valence-corrected chi connectivity index (χ2v) is 5.95. The van der Waals surface area contributed by atoms with Gasteiger partial charge in [0.25, 0.3) is 5.69 Å². The van der Waals surface area contributed by atoms with Crippen molar-refractivity contribution >= 4 is 34.6 Å². The normalized spacial score (nSPS) is 19.8. The molecule has 114 valence electrons. The summed E-state index contributed by atoms with van der Waals surface area (Å²) in [4.78, 5) is 10.3. The Bertz CT molecular complexity index is 728. The quantitative estimate of drug-likeness (QED) is 0.655. The number of aliphatic hydroxyl groups excluding tert-OH is 1. The summed E-state index contributed by atoms with van der Waals surface area (Å²) < 4.78 is 0. The maximum atomic E-state index is 10.8. The fourth-order valence-electron chi connectivity index (χ4n) is 2.71. The second-order valence-electron chi connectivity index (χ2n) is 5.13. The van der Waals surface area contributed by atoms with Crippen LogP contribution in [-0.4, -0.2) is 16.1 Å². The van der Waals surface area contributed by atoms with Crippen LogP contribution in [0.5, 0.6) is 0 Å². The van der Waals surface area contributed by atoms with Gasteiger partial charge in [0, 0.05) is 18.6 Å². The minimum atomic E-state index is -0.611. The highest BCUT2D eigenvalue weighted by atomic mass is 35.5. The number of halogens is 2. The Kier molecular flexibility index (Phi) is 3.95. The molecule has 0 spiro atoms. The summed E-state index contributed by atoms with van der Waals surface area (Å²) in [6, 6.07) is 9.82. The molecule has 2 N–H and O–H groups in total. The van der Waals surface area contributed by atoms with Gasteiger partial charge in [-0.05, 0) is 11.1 Å². The number of fused-ring (bicyclic) bond motifs is 1. The highest BCUT2D eigenvalue weighted by molar-refractivity contribution is 6.39. The topological polar surface area (TPSA) is 75.4 Å². The largest absolute Gasteiger partial charge is 0.390 e. The summed E-state index contributed by atoms with van der Waals surface area (Å²) in [7, 11) is 0. The van der Waals surface area contributed by atoms with Crippen LogP contribution in [0.25, 0.3) is 0 Å². The molecule has 2 atom stereocenters. The molecule has 2 aromatic carbocycles. The number of aliphatic hydroxyl groups is 1. The molecule has 0 aromatic heterocycles. The zero-order valence-corrected chi connectivity index (χ0v) is 12.8. The molecule has 0 fully saturated rings. The van der Waals surface area contributed by atoms with Crippen molar-refractivity contribution in [2.75, 3.05) is 5.32 Å². The van der Waals surface area contributed by atoms with E-state index in [0.717, 1.165) is 11.1 Å². The minimum Gasteiger partial charge on any atom is -0.390 e. The lowest BCUT2D eigenvalue weighted by molar-refractivity contribution is -0.384. The molecule has 3 rings (SSSR count). The first-order valence-corrected chi connectivity index (χ1v) is 7.39. The average Bonchev–Trinajstić information content (AvgIpc) is 2.78. The number of benzene rings is 2. The van der Waals surface area contributed by atoms with Crippen molar-refractivity contribution in [2.45, 2.75) is 18.6 Å². The summed E-state index contributed by atoms with van der Waals surface area (Å²) in [5.74, 6) is 0. The molecule has 2 aromatic rings. The number of rotatable bonds is 3. The first kappa shape index (κ1) is 15.1. The summed E-state index contributed by atoms with van der Waals surface area (Å²) >= 11 is 12.2. The van der Waals surface area contributed by atoms with Crippen LogP contribution >= 0.6 is 23.2 Å². The van der Waals surface area contributed by atoms with E-state index in [9.17, 15) is 15.2 Å². The van der Waals surface area contributed by atoms with E-state index in [-0.39, 0.29) is 21.8 Å². The zero-order valence-electron chi connectivity index (χ0n) is 11.3. The van der Waals surface area contributed by atoms with E-state index in [1.54, 1.807) is 0 Å². The third-order valence-corrected chi connectivity index (χ3v) is 4.34.